The molecule has 2 heteroatoms. The molecular formula is C9H20N2. The Bertz CT molecular complexity index is 117. The van der Waals surface area contributed by atoms with Crippen molar-refractivity contribution in [3.63, 3.8) is 0 Å². The Labute approximate surface area is 69.7 Å². The van der Waals surface area contributed by atoms with Crippen LogP contribution in [-0.2, 0) is 0 Å². The second-order valence-corrected chi connectivity index (χ2v) is 3.88. The fraction of sp³-hybridized carbons (Fsp3) is 1.00. The highest BCUT2D eigenvalue weighted by molar-refractivity contribution is 4.88. The topological polar surface area (TPSA) is 29.3 Å². The van der Waals surface area contributed by atoms with Gasteiger partial charge in [0, 0.05) is 13.1 Å². The number of hydrogen-bond acceptors (Lipinski definition) is 2. The van der Waals surface area contributed by atoms with Gasteiger partial charge in [0.15, 0.2) is 0 Å². The summed E-state index contributed by atoms with van der Waals surface area (Å²) in [5.41, 5.74) is 0. The van der Waals surface area contributed by atoms with Gasteiger partial charge in [-0.2, -0.15) is 0 Å². The Morgan fingerprint density at radius 3 is 2.36 bits per heavy atom. The van der Waals surface area contributed by atoms with E-state index in [1.807, 2.05) is 12.1 Å². The van der Waals surface area contributed by atoms with E-state index < -0.39 is 0 Å². The van der Waals surface area contributed by atoms with Crippen molar-refractivity contribution in [2.75, 3.05) is 7.05 Å². The molecule has 11 heavy (non-hydrogen) atoms. The van der Waals surface area contributed by atoms with Gasteiger partial charge in [-0.3, -0.25) is 5.84 Å². The molecule has 0 heterocycles. The first kappa shape index (κ1) is 9.01. The van der Waals surface area contributed by atoms with Crippen LogP contribution in [0.2, 0.25) is 0 Å². The quantitative estimate of drug-likeness (QED) is 0.495. The monoisotopic (exact) mass is 156 g/mol. The minimum Gasteiger partial charge on any atom is -0.269 e. The lowest BCUT2D eigenvalue weighted by molar-refractivity contribution is 0.160. The summed E-state index contributed by atoms with van der Waals surface area (Å²) in [6.45, 7) is 4.54. The molecule has 0 spiro atoms. The molecule has 66 valence electrons. The van der Waals surface area contributed by atoms with Gasteiger partial charge in [-0.1, -0.05) is 20.3 Å². The zero-order valence-corrected chi connectivity index (χ0v) is 7.88. The van der Waals surface area contributed by atoms with Crippen molar-refractivity contribution in [2.45, 2.75) is 39.2 Å². The lowest BCUT2D eigenvalue weighted by Gasteiger charge is -2.28. The van der Waals surface area contributed by atoms with Gasteiger partial charge in [0.05, 0.1) is 0 Å². The van der Waals surface area contributed by atoms with Crippen molar-refractivity contribution in [2.24, 2.45) is 17.7 Å². The van der Waals surface area contributed by atoms with Gasteiger partial charge < -0.3 is 0 Å². The largest absolute Gasteiger partial charge is 0.269 e. The predicted octanol–water partition coefficient (Wildman–Crippen LogP) is 1.62. The highest BCUT2D eigenvalue weighted by Gasteiger charge is 2.35. The highest BCUT2D eigenvalue weighted by Crippen LogP contribution is 2.38. The molecule has 1 saturated carbocycles. The molecule has 0 aliphatic heterocycles. The van der Waals surface area contributed by atoms with E-state index in [0.717, 1.165) is 11.8 Å². The van der Waals surface area contributed by atoms with Gasteiger partial charge in [0.1, 0.15) is 0 Å². The van der Waals surface area contributed by atoms with Crippen molar-refractivity contribution >= 4 is 0 Å². The SMILES string of the molecule is CCC(C)C(C1CC1)N(C)N. The average Bonchev–Trinajstić information content (AvgIpc) is 2.71. The maximum atomic E-state index is 5.79. The third kappa shape index (κ3) is 2.17. The summed E-state index contributed by atoms with van der Waals surface area (Å²) in [6, 6.07) is 0.625. The van der Waals surface area contributed by atoms with Gasteiger partial charge in [-0.05, 0) is 24.7 Å². The van der Waals surface area contributed by atoms with Gasteiger partial charge in [0.2, 0.25) is 0 Å². The number of rotatable bonds is 4. The molecule has 2 nitrogen and oxygen atoms in total. The molecule has 0 aromatic rings. The Morgan fingerprint density at radius 1 is 1.55 bits per heavy atom. The first-order valence-electron chi connectivity index (χ1n) is 4.64. The molecule has 2 N–H and O–H groups in total. The zero-order chi connectivity index (χ0) is 8.43. The van der Waals surface area contributed by atoms with E-state index in [1.54, 1.807) is 0 Å². The van der Waals surface area contributed by atoms with Crippen LogP contribution in [-0.4, -0.2) is 18.1 Å². The van der Waals surface area contributed by atoms with E-state index in [-0.39, 0.29) is 0 Å². The summed E-state index contributed by atoms with van der Waals surface area (Å²) in [6.07, 6.45) is 4.01. The van der Waals surface area contributed by atoms with Crippen LogP contribution < -0.4 is 5.84 Å². The summed E-state index contributed by atoms with van der Waals surface area (Å²) >= 11 is 0. The van der Waals surface area contributed by atoms with Crippen molar-refractivity contribution in [3.8, 4) is 0 Å². The van der Waals surface area contributed by atoms with E-state index in [0.29, 0.717) is 6.04 Å². The van der Waals surface area contributed by atoms with Gasteiger partial charge in [0.25, 0.3) is 0 Å². The van der Waals surface area contributed by atoms with Crippen molar-refractivity contribution in [1.29, 1.82) is 0 Å². The standard InChI is InChI=1S/C9H20N2/c1-4-7(2)9(11(3)10)8-5-6-8/h7-9H,4-6,10H2,1-3H3. The maximum absolute atomic E-state index is 5.79. The molecule has 1 aliphatic rings. The molecule has 2 atom stereocenters. The Hall–Kier alpha value is -0.0800. The fourth-order valence-electron chi connectivity index (χ4n) is 1.88. The highest BCUT2D eigenvalue weighted by atomic mass is 15.4. The molecule has 0 amide bonds. The molecule has 1 aliphatic carbocycles. The number of nitrogens with zero attached hydrogens (tertiary/aromatic N) is 1. The van der Waals surface area contributed by atoms with Crippen LogP contribution in [0.1, 0.15) is 33.1 Å². The lowest BCUT2D eigenvalue weighted by Crippen LogP contribution is -2.43. The maximum Gasteiger partial charge on any atom is 0.0291 e. The first-order valence-corrected chi connectivity index (χ1v) is 4.64. The van der Waals surface area contributed by atoms with Gasteiger partial charge >= 0.3 is 0 Å². The average molecular weight is 156 g/mol. The van der Waals surface area contributed by atoms with Gasteiger partial charge in [-0.15, -0.1) is 0 Å². The smallest absolute Gasteiger partial charge is 0.0291 e. The lowest BCUT2D eigenvalue weighted by atomic mass is 9.95. The molecule has 1 fully saturated rings. The third-order valence-corrected chi connectivity index (χ3v) is 2.80. The zero-order valence-electron chi connectivity index (χ0n) is 7.88. The molecule has 0 saturated heterocycles. The van der Waals surface area contributed by atoms with Crippen LogP contribution >= 0.6 is 0 Å². The van der Waals surface area contributed by atoms with Crippen LogP contribution in [0.4, 0.5) is 0 Å². The third-order valence-electron chi connectivity index (χ3n) is 2.80. The molecule has 0 aromatic heterocycles. The van der Waals surface area contributed by atoms with Crippen molar-refractivity contribution < 1.29 is 0 Å². The molecule has 0 bridgehead atoms. The Balaban J connectivity index is 2.44. The summed E-state index contributed by atoms with van der Waals surface area (Å²) in [4.78, 5) is 0. The van der Waals surface area contributed by atoms with Crippen molar-refractivity contribution in [3.05, 3.63) is 0 Å². The van der Waals surface area contributed by atoms with Crippen LogP contribution in [0.3, 0.4) is 0 Å². The summed E-state index contributed by atoms with van der Waals surface area (Å²) in [5.74, 6) is 7.42. The predicted molar refractivity (Wildman–Crippen MR) is 47.9 cm³/mol. The summed E-state index contributed by atoms with van der Waals surface area (Å²) < 4.78 is 0. The molecule has 2 unspecified atom stereocenters. The second-order valence-electron chi connectivity index (χ2n) is 3.88. The summed E-state index contributed by atoms with van der Waals surface area (Å²) in [5, 5.41) is 1.91. The minimum atomic E-state index is 0.625. The second kappa shape index (κ2) is 3.55. The van der Waals surface area contributed by atoms with E-state index >= 15 is 0 Å². The first-order chi connectivity index (χ1) is 5.16. The number of hydrazine groups is 1. The van der Waals surface area contributed by atoms with E-state index in [4.69, 9.17) is 5.84 Å². The number of nitrogens with two attached hydrogens (primary N) is 1. The van der Waals surface area contributed by atoms with E-state index in [9.17, 15) is 0 Å². The van der Waals surface area contributed by atoms with Crippen LogP contribution in [0.15, 0.2) is 0 Å². The van der Waals surface area contributed by atoms with E-state index in [1.165, 1.54) is 19.3 Å². The number of hydrogen-bond donors (Lipinski definition) is 1. The minimum absolute atomic E-state index is 0.625. The molecule has 1 rings (SSSR count). The fourth-order valence-corrected chi connectivity index (χ4v) is 1.88. The van der Waals surface area contributed by atoms with Crippen LogP contribution in [0.5, 0.6) is 0 Å². The Morgan fingerprint density at radius 2 is 2.09 bits per heavy atom. The van der Waals surface area contributed by atoms with E-state index in [2.05, 4.69) is 13.8 Å². The molecular weight excluding hydrogens is 136 g/mol. The summed E-state index contributed by atoms with van der Waals surface area (Å²) in [7, 11) is 2.00. The van der Waals surface area contributed by atoms with Gasteiger partial charge in [-0.25, -0.2) is 5.01 Å². The normalized spacial score (nSPS) is 23.7. The van der Waals surface area contributed by atoms with Crippen LogP contribution in [0.25, 0.3) is 0 Å². The molecule has 0 aromatic carbocycles. The van der Waals surface area contributed by atoms with Crippen LogP contribution in [0, 0.1) is 11.8 Å². The molecule has 0 radical (unpaired) electrons. The Kier molecular flexibility index (Phi) is 2.90. The van der Waals surface area contributed by atoms with Crippen molar-refractivity contribution in [1.82, 2.24) is 5.01 Å².